The summed E-state index contributed by atoms with van der Waals surface area (Å²) in [6.45, 7) is 4.40. The molecule has 1 rings (SSSR count). The minimum atomic E-state index is 0.462. The second-order valence-electron chi connectivity index (χ2n) is 3.08. The Balaban J connectivity index is 2.06. The summed E-state index contributed by atoms with van der Waals surface area (Å²) in [4.78, 5) is 0. The monoisotopic (exact) mass is 161 g/mol. The van der Waals surface area contributed by atoms with Gasteiger partial charge in [0.1, 0.15) is 0 Å². The molecule has 0 aromatic carbocycles. The third-order valence-electron chi connectivity index (χ3n) is 2.16. The van der Waals surface area contributed by atoms with Crippen LogP contribution in [0.15, 0.2) is 0 Å². The summed E-state index contributed by atoms with van der Waals surface area (Å²) in [5.74, 6) is 0.849. The van der Waals surface area contributed by atoms with Crippen molar-refractivity contribution in [2.24, 2.45) is 5.92 Å². The highest BCUT2D eigenvalue weighted by atomic mass is 35.5. The van der Waals surface area contributed by atoms with Gasteiger partial charge in [0.25, 0.3) is 0 Å². The average Bonchev–Trinajstić information content (AvgIpc) is 2.31. The lowest BCUT2D eigenvalue weighted by Crippen LogP contribution is -2.20. The van der Waals surface area contributed by atoms with Crippen LogP contribution in [0.4, 0.5) is 0 Å². The van der Waals surface area contributed by atoms with Gasteiger partial charge in [-0.1, -0.05) is 6.92 Å². The first-order valence-electron chi connectivity index (χ1n) is 4.17. The molecule has 0 aliphatic heterocycles. The van der Waals surface area contributed by atoms with E-state index >= 15 is 0 Å². The SMILES string of the molecule is CCNCC1CCC(Cl)C1. The van der Waals surface area contributed by atoms with Crippen molar-refractivity contribution >= 4 is 11.6 Å². The lowest BCUT2D eigenvalue weighted by atomic mass is 10.1. The predicted molar refractivity (Wildman–Crippen MR) is 45.5 cm³/mol. The van der Waals surface area contributed by atoms with E-state index in [1.165, 1.54) is 25.8 Å². The van der Waals surface area contributed by atoms with Gasteiger partial charge < -0.3 is 5.32 Å². The van der Waals surface area contributed by atoms with Crippen LogP contribution in [-0.2, 0) is 0 Å². The Morgan fingerprint density at radius 1 is 1.50 bits per heavy atom. The Kier molecular flexibility index (Phi) is 3.50. The maximum absolute atomic E-state index is 5.96. The van der Waals surface area contributed by atoms with Crippen LogP contribution in [0.1, 0.15) is 26.2 Å². The molecule has 0 heterocycles. The summed E-state index contributed by atoms with van der Waals surface area (Å²) in [6, 6.07) is 0. The number of rotatable bonds is 3. The molecule has 60 valence electrons. The minimum Gasteiger partial charge on any atom is -0.317 e. The molecule has 0 aromatic heterocycles. The Morgan fingerprint density at radius 2 is 2.30 bits per heavy atom. The average molecular weight is 162 g/mol. The van der Waals surface area contributed by atoms with Gasteiger partial charge >= 0.3 is 0 Å². The Labute approximate surface area is 68.1 Å². The third-order valence-corrected chi connectivity index (χ3v) is 2.56. The van der Waals surface area contributed by atoms with E-state index in [0.717, 1.165) is 12.5 Å². The summed E-state index contributed by atoms with van der Waals surface area (Å²) in [6.07, 6.45) is 3.76. The maximum atomic E-state index is 5.96. The summed E-state index contributed by atoms with van der Waals surface area (Å²) < 4.78 is 0. The minimum absolute atomic E-state index is 0.462. The fraction of sp³-hybridized carbons (Fsp3) is 1.00. The second-order valence-corrected chi connectivity index (χ2v) is 3.70. The van der Waals surface area contributed by atoms with E-state index in [1.54, 1.807) is 0 Å². The smallest absolute Gasteiger partial charge is 0.0339 e. The van der Waals surface area contributed by atoms with Crippen molar-refractivity contribution in [1.29, 1.82) is 0 Å². The largest absolute Gasteiger partial charge is 0.317 e. The van der Waals surface area contributed by atoms with Crippen molar-refractivity contribution in [3.8, 4) is 0 Å². The van der Waals surface area contributed by atoms with Crippen LogP contribution in [0.25, 0.3) is 0 Å². The zero-order valence-electron chi connectivity index (χ0n) is 6.57. The lowest BCUT2D eigenvalue weighted by molar-refractivity contribution is 0.499. The van der Waals surface area contributed by atoms with E-state index in [0.29, 0.717) is 5.38 Å². The molecule has 1 fully saturated rings. The molecule has 1 N–H and O–H groups in total. The van der Waals surface area contributed by atoms with Gasteiger partial charge in [-0.2, -0.15) is 0 Å². The van der Waals surface area contributed by atoms with Gasteiger partial charge in [-0.05, 0) is 38.3 Å². The molecule has 2 atom stereocenters. The van der Waals surface area contributed by atoms with Gasteiger partial charge in [0.2, 0.25) is 0 Å². The number of halogens is 1. The number of hydrogen-bond acceptors (Lipinski definition) is 1. The number of hydrogen-bond donors (Lipinski definition) is 1. The third kappa shape index (κ3) is 2.47. The summed E-state index contributed by atoms with van der Waals surface area (Å²) in [5, 5.41) is 3.81. The standard InChI is InChI=1S/C8H16ClN/c1-2-10-6-7-3-4-8(9)5-7/h7-8,10H,2-6H2,1H3. The zero-order valence-corrected chi connectivity index (χ0v) is 7.32. The van der Waals surface area contributed by atoms with Crippen LogP contribution in [0.5, 0.6) is 0 Å². The molecule has 1 aliphatic carbocycles. The van der Waals surface area contributed by atoms with Gasteiger partial charge in [0.15, 0.2) is 0 Å². The molecule has 0 radical (unpaired) electrons. The van der Waals surface area contributed by atoms with Gasteiger partial charge in [-0.15, -0.1) is 11.6 Å². The maximum Gasteiger partial charge on any atom is 0.0339 e. The molecule has 2 unspecified atom stereocenters. The molecule has 0 saturated heterocycles. The van der Waals surface area contributed by atoms with Crippen LogP contribution in [0.3, 0.4) is 0 Å². The van der Waals surface area contributed by atoms with Gasteiger partial charge in [-0.25, -0.2) is 0 Å². The van der Waals surface area contributed by atoms with Crippen LogP contribution >= 0.6 is 11.6 Å². The van der Waals surface area contributed by atoms with Gasteiger partial charge in [0, 0.05) is 5.38 Å². The fourth-order valence-corrected chi connectivity index (χ4v) is 1.93. The van der Waals surface area contributed by atoms with Crippen LogP contribution in [-0.4, -0.2) is 18.5 Å². The lowest BCUT2D eigenvalue weighted by Gasteiger charge is -2.07. The van der Waals surface area contributed by atoms with Crippen molar-refractivity contribution < 1.29 is 0 Å². The van der Waals surface area contributed by atoms with Crippen molar-refractivity contribution in [3.63, 3.8) is 0 Å². The summed E-state index contributed by atoms with van der Waals surface area (Å²) in [7, 11) is 0. The first-order chi connectivity index (χ1) is 4.83. The quantitative estimate of drug-likeness (QED) is 0.625. The summed E-state index contributed by atoms with van der Waals surface area (Å²) >= 11 is 5.96. The van der Waals surface area contributed by atoms with Crippen molar-refractivity contribution in [3.05, 3.63) is 0 Å². The molecule has 0 spiro atoms. The van der Waals surface area contributed by atoms with E-state index in [4.69, 9.17) is 11.6 Å². The Morgan fingerprint density at radius 3 is 2.80 bits per heavy atom. The van der Waals surface area contributed by atoms with E-state index < -0.39 is 0 Å². The first kappa shape index (κ1) is 8.35. The molecule has 10 heavy (non-hydrogen) atoms. The van der Waals surface area contributed by atoms with Crippen LogP contribution in [0, 0.1) is 5.92 Å². The predicted octanol–water partition coefficient (Wildman–Crippen LogP) is 2.00. The number of alkyl halides is 1. The molecule has 1 aliphatic rings. The highest BCUT2D eigenvalue weighted by Gasteiger charge is 2.21. The second kappa shape index (κ2) is 4.20. The number of nitrogens with one attached hydrogen (secondary N) is 1. The Bertz CT molecular complexity index is 95.3. The molecule has 0 bridgehead atoms. The van der Waals surface area contributed by atoms with Crippen molar-refractivity contribution in [1.82, 2.24) is 5.32 Å². The van der Waals surface area contributed by atoms with E-state index in [1.807, 2.05) is 0 Å². The van der Waals surface area contributed by atoms with Crippen molar-refractivity contribution in [2.75, 3.05) is 13.1 Å². The summed E-state index contributed by atoms with van der Waals surface area (Å²) in [5.41, 5.74) is 0. The van der Waals surface area contributed by atoms with E-state index in [9.17, 15) is 0 Å². The molecule has 0 aromatic rings. The molecule has 2 heteroatoms. The highest BCUT2D eigenvalue weighted by molar-refractivity contribution is 6.20. The fourth-order valence-electron chi connectivity index (χ4n) is 1.55. The molecular formula is C8H16ClN. The van der Waals surface area contributed by atoms with Gasteiger partial charge in [-0.3, -0.25) is 0 Å². The highest BCUT2D eigenvalue weighted by Crippen LogP contribution is 2.28. The molecular weight excluding hydrogens is 146 g/mol. The normalized spacial score (nSPS) is 33.0. The van der Waals surface area contributed by atoms with Gasteiger partial charge in [0.05, 0.1) is 0 Å². The molecule has 1 saturated carbocycles. The van der Waals surface area contributed by atoms with Crippen LogP contribution in [0.2, 0.25) is 0 Å². The van der Waals surface area contributed by atoms with Crippen LogP contribution < -0.4 is 5.32 Å². The van der Waals surface area contributed by atoms with Crippen molar-refractivity contribution in [2.45, 2.75) is 31.6 Å². The first-order valence-corrected chi connectivity index (χ1v) is 4.61. The zero-order chi connectivity index (χ0) is 7.40. The topological polar surface area (TPSA) is 12.0 Å². The van der Waals surface area contributed by atoms with E-state index in [-0.39, 0.29) is 0 Å². The molecule has 0 amide bonds. The Hall–Kier alpha value is 0.250. The molecule has 1 nitrogen and oxygen atoms in total. The van der Waals surface area contributed by atoms with E-state index in [2.05, 4.69) is 12.2 Å².